The van der Waals surface area contributed by atoms with Crippen molar-refractivity contribution in [3.63, 3.8) is 0 Å². The van der Waals surface area contributed by atoms with Gasteiger partial charge in [-0.25, -0.2) is 13.4 Å². The molecule has 1 saturated heterocycles. The Labute approximate surface area is 192 Å². The van der Waals surface area contributed by atoms with E-state index >= 15 is 0 Å². The van der Waals surface area contributed by atoms with Crippen molar-refractivity contribution < 1.29 is 13.2 Å². The Bertz CT molecular complexity index is 1160. The number of sulfonamides is 1. The third-order valence-electron chi connectivity index (χ3n) is 5.78. The molecule has 1 N–H and O–H groups in total. The van der Waals surface area contributed by atoms with Gasteiger partial charge >= 0.3 is 0 Å². The maximum atomic E-state index is 13.0. The molecule has 32 heavy (non-hydrogen) atoms. The molecule has 8 nitrogen and oxygen atoms in total. The van der Waals surface area contributed by atoms with Gasteiger partial charge in [-0.15, -0.1) is 0 Å². The summed E-state index contributed by atoms with van der Waals surface area (Å²) in [7, 11) is -3.49. The van der Waals surface area contributed by atoms with E-state index in [2.05, 4.69) is 9.97 Å². The van der Waals surface area contributed by atoms with Crippen molar-refractivity contribution in [1.29, 1.82) is 0 Å². The molecule has 10 heteroatoms. The zero-order valence-electron chi connectivity index (χ0n) is 18.2. The number of benzene rings is 1. The SMILES string of the molecule is CCCc1cc(=O)[nH]c(SCC(=O)N2CCCc3cc(S(=O)(=O)N4CCCC4)ccc32)n1. The summed E-state index contributed by atoms with van der Waals surface area (Å²) in [4.78, 5) is 34.0. The van der Waals surface area contributed by atoms with Crippen molar-refractivity contribution in [2.45, 2.75) is 55.5 Å². The van der Waals surface area contributed by atoms with Crippen LogP contribution in [0.4, 0.5) is 5.69 Å². The smallest absolute Gasteiger partial charge is 0.251 e. The molecule has 4 rings (SSSR count). The molecule has 1 aromatic carbocycles. The van der Waals surface area contributed by atoms with Gasteiger partial charge in [0.25, 0.3) is 5.56 Å². The molecule has 0 atom stereocenters. The van der Waals surface area contributed by atoms with Gasteiger partial charge < -0.3 is 9.88 Å². The Balaban J connectivity index is 1.49. The van der Waals surface area contributed by atoms with Crippen LogP contribution in [0.1, 0.15) is 43.9 Å². The van der Waals surface area contributed by atoms with E-state index in [4.69, 9.17) is 0 Å². The minimum Gasteiger partial charge on any atom is -0.311 e. The first-order valence-corrected chi connectivity index (χ1v) is 13.5. The van der Waals surface area contributed by atoms with Crippen molar-refractivity contribution in [2.75, 3.05) is 30.3 Å². The number of aryl methyl sites for hydroxylation is 2. The van der Waals surface area contributed by atoms with Crippen molar-refractivity contribution in [3.8, 4) is 0 Å². The number of carbonyl (C=O) groups excluding carboxylic acids is 1. The van der Waals surface area contributed by atoms with Gasteiger partial charge in [0.15, 0.2) is 5.16 Å². The number of amides is 1. The van der Waals surface area contributed by atoms with E-state index in [1.54, 1.807) is 23.1 Å². The predicted octanol–water partition coefficient (Wildman–Crippen LogP) is 2.58. The summed E-state index contributed by atoms with van der Waals surface area (Å²) in [5.74, 6) is 0.0563. The average Bonchev–Trinajstić information content (AvgIpc) is 3.32. The molecule has 2 aromatic rings. The van der Waals surface area contributed by atoms with Crippen LogP contribution < -0.4 is 10.5 Å². The Hall–Kier alpha value is -2.17. The second-order valence-electron chi connectivity index (χ2n) is 8.13. The summed E-state index contributed by atoms with van der Waals surface area (Å²) in [5.41, 5.74) is 2.16. The number of thioether (sulfide) groups is 1. The van der Waals surface area contributed by atoms with Crippen LogP contribution in [0.5, 0.6) is 0 Å². The van der Waals surface area contributed by atoms with E-state index in [0.717, 1.165) is 49.0 Å². The van der Waals surface area contributed by atoms with E-state index in [1.807, 2.05) is 6.92 Å². The Morgan fingerprint density at radius 3 is 2.69 bits per heavy atom. The number of carbonyl (C=O) groups is 1. The number of aromatic amines is 1. The zero-order valence-corrected chi connectivity index (χ0v) is 19.8. The normalized spacial score (nSPS) is 16.8. The van der Waals surface area contributed by atoms with Crippen molar-refractivity contribution in [1.82, 2.24) is 14.3 Å². The first-order chi connectivity index (χ1) is 15.4. The van der Waals surface area contributed by atoms with Crippen LogP contribution in [0.25, 0.3) is 0 Å². The fourth-order valence-corrected chi connectivity index (χ4v) is 6.55. The molecule has 3 heterocycles. The average molecular weight is 477 g/mol. The van der Waals surface area contributed by atoms with Gasteiger partial charge in [0.2, 0.25) is 15.9 Å². The number of nitrogens with zero attached hydrogens (tertiary/aromatic N) is 3. The van der Waals surface area contributed by atoms with E-state index in [-0.39, 0.29) is 17.2 Å². The van der Waals surface area contributed by atoms with Crippen LogP contribution in [0, 0.1) is 0 Å². The van der Waals surface area contributed by atoms with Crippen LogP contribution in [0.15, 0.2) is 39.1 Å². The first kappa shape index (κ1) is 23.0. The maximum Gasteiger partial charge on any atom is 0.251 e. The second-order valence-corrected chi connectivity index (χ2v) is 11.0. The molecule has 0 spiro atoms. The number of anilines is 1. The monoisotopic (exact) mass is 476 g/mol. The van der Waals surface area contributed by atoms with Crippen molar-refractivity contribution >= 4 is 33.4 Å². The molecule has 0 saturated carbocycles. The lowest BCUT2D eigenvalue weighted by Gasteiger charge is -2.30. The third-order valence-corrected chi connectivity index (χ3v) is 8.54. The minimum atomic E-state index is -3.49. The van der Waals surface area contributed by atoms with E-state index in [0.29, 0.717) is 36.1 Å². The second kappa shape index (κ2) is 9.76. The van der Waals surface area contributed by atoms with Crippen molar-refractivity contribution in [3.05, 3.63) is 45.9 Å². The molecule has 2 aliphatic heterocycles. The highest BCUT2D eigenvalue weighted by Gasteiger charge is 2.29. The first-order valence-electron chi connectivity index (χ1n) is 11.0. The molecule has 1 fully saturated rings. The molecular weight excluding hydrogens is 448 g/mol. The van der Waals surface area contributed by atoms with Gasteiger partial charge in [0.05, 0.1) is 10.6 Å². The van der Waals surface area contributed by atoms with E-state index < -0.39 is 10.0 Å². The Morgan fingerprint density at radius 2 is 1.94 bits per heavy atom. The van der Waals surface area contributed by atoms with Gasteiger partial charge in [-0.3, -0.25) is 9.59 Å². The standard InChI is InChI=1S/C22H28N4O4S2/c1-2-6-17-14-20(27)24-22(23-17)31-15-21(28)26-12-5-7-16-13-18(8-9-19(16)26)32(29,30)25-10-3-4-11-25/h8-9,13-14H,2-7,10-12,15H2,1H3,(H,23,24,27). The lowest BCUT2D eigenvalue weighted by atomic mass is 10.0. The quantitative estimate of drug-likeness (QED) is 0.487. The highest BCUT2D eigenvalue weighted by atomic mass is 32.2. The highest BCUT2D eigenvalue weighted by Crippen LogP contribution is 2.32. The van der Waals surface area contributed by atoms with Crippen LogP contribution in [0.3, 0.4) is 0 Å². The van der Waals surface area contributed by atoms with Gasteiger partial charge in [0.1, 0.15) is 0 Å². The Kier molecular flexibility index (Phi) is 7.02. The highest BCUT2D eigenvalue weighted by molar-refractivity contribution is 7.99. The maximum absolute atomic E-state index is 13.0. The van der Waals surface area contributed by atoms with Crippen LogP contribution >= 0.6 is 11.8 Å². The fourth-order valence-electron chi connectivity index (χ4n) is 4.21. The minimum absolute atomic E-state index is 0.0883. The molecule has 2 aliphatic rings. The molecular formula is C22H28N4O4S2. The fraction of sp³-hybridized carbons (Fsp3) is 0.500. The van der Waals surface area contributed by atoms with E-state index in [9.17, 15) is 18.0 Å². The Morgan fingerprint density at radius 1 is 1.16 bits per heavy atom. The number of hydrogen-bond acceptors (Lipinski definition) is 6. The zero-order chi connectivity index (χ0) is 22.7. The van der Waals surface area contributed by atoms with Gasteiger partial charge in [-0.2, -0.15) is 4.31 Å². The lowest BCUT2D eigenvalue weighted by molar-refractivity contribution is -0.116. The number of rotatable bonds is 7. The molecule has 1 amide bonds. The third kappa shape index (κ3) is 4.92. The number of H-pyrrole nitrogens is 1. The summed E-state index contributed by atoms with van der Waals surface area (Å²) in [6.45, 7) is 3.74. The van der Waals surface area contributed by atoms with Crippen LogP contribution in [-0.2, 0) is 27.7 Å². The van der Waals surface area contributed by atoms with Gasteiger partial charge in [-0.05, 0) is 55.9 Å². The molecule has 0 bridgehead atoms. The molecule has 1 aromatic heterocycles. The summed E-state index contributed by atoms with van der Waals surface area (Å²) in [5, 5.41) is 0.443. The summed E-state index contributed by atoms with van der Waals surface area (Å²) >= 11 is 1.21. The summed E-state index contributed by atoms with van der Waals surface area (Å²) in [6, 6.07) is 6.58. The molecule has 172 valence electrons. The number of fused-ring (bicyclic) bond motifs is 1. The van der Waals surface area contributed by atoms with Crippen LogP contribution in [0.2, 0.25) is 0 Å². The van der Waals surface area contributed by atoms with E-state index in [1.165, 1.54) is 22.1 Å². The predicted molar refractivity (Wildman–Crippen MR) is 125 cm³/mol. The summed E-state index contributed by atoms with van der Waals surface area (Å²) < 4.78 is 27.3. The number of nitrogens with one attached hydrogen (secondary N) is 1. The molecule has 0 unspecified atom stereocenters. The topological polar surface area (TPSA) is 103 Å². The largest absolute Gasteiger partial charge is 0.311 e. The summed E-state index contributed by atoms with van der Waals surface area (Å²) in [6.07, 6.45) is 4.91. The molecule has 0 aliphatic carbocycles. The number of hydrogen-bond donors (Lipinski definition) is 1. The van der Waals surface area contributed by atoms with Crippen LogP contribution in [-0.4, -0.2) is 54.0 Å². The lowest BCUT2D eigenvalue weighted by Crippen LogP contribution is -2.37. The van der Waals surface area contributed by atoms with Gasteiger partial charge in [-0.1, -0.05) is 25.1 Å². The van der Waals surface area contributed by atoms with Crippen molar-refractivity contribution in [2.24, 2.45) is 0 Å². The molecule has 0 radical (unpaired) electrons. The van der Waals surface area contributed by atoms with Gasteiger partial charge in [0, 0.05) is 37.1 Å². The number of aromatic nitrogens is 2.